The van der Waals surface area contributed by atoms with Crippen molar-refractivity contribution in [2.75, 3.05) is 10.6 Å². The molecule has 0 bridgehead atoms. The minimum Gasteiger partial charge on any atom is -0.308 e. The number of aromatic nitrogens is 3. The normalized spacial score (nSPS) is 10.4. The number of para-hydroxylation sites is 2. The molecule has 0 saturated carbocycles. The summed E-state index contributed by atoms with van der Waals surface area (Å²) >= 11 is 0. The van der Waals surface area contributed by atoms with Crippen LogP contribution in [0, 0.1) is 18.3 Å². The van der Waals surface area contributed by atoms with Crippen molar-refractivity contribution in [1.82, 2.24) is 14.8 Å². The van der Waals surface area contributed by atoms with Gasteiger partial charge < -0.3 is 5.32 Å². The van der Waals surface area contributed by atoms with E-state index in [-0.39, 0.29) is 11.4 Å². The topological polar surface area (TPSA) is 95.6 Å². The molecule has 0 aliphatic carbocycles. The Labute approximate surface area is 161 Å². The predicted octanol–water partition coefficient (Wildman–Crippen LogP) is 4.24. The van der Waals surface area contributed by atoms with Crippen molar-refractivity contribution < 1.29 is 4.79 Å². The van der Waals surface area contributed by atoms with Crippen LogP contribution in [0.3, 0.4) is 0 Å². The van der Waals surface area contributed by atoms with Crippen molar-refractivity contribution in [2.45, 2.75) is 6.92 Å². The molecule has 2 heterocycles. The van der Waals surface area contributed by atoms with E-state index in [0.717, 1.165) is 16.5 Å². The molecule has 2 amide bonds. The summed E-state index contributed by atoms with van der Waals surface area (Å²) in [6, 6.07) is 20.3. The van der Waals surface area contributed by atoms with Crippen LogP contribution in [0.1, 0.15) is 11.1 Å². The van der Waals surface area contributed by atoms with Gasteiger partial charge >= 0.3 is 6.03 Å². The molecule has 0 spiro atoms. The molecule has 4 rings (SSSR count). The van der Waals surface area contributed by atoms with Gasteiger partial charge in [0.15, 0.2) is 11.6 Å². The molecule has 7 nitrogen and oxygen atoms in total. The van der Waals surface area contributed by atoms with Gasteiger partial charge in [0.2, 0.25) is 0 Å². The molecule has 2 aromatic carbocycles. The summed E-state index contributed by atoms with van der Waals surface area (Å²) in [4.78, 5) is 17.0. The number of carbonyl (C=O) groups is 1. The Morgan fingerprint density at radius 2 is 1.82 bits per heavy atom. The number of nitrogens with one attached hydrogen (secondary N) is 2. The van der Waals surface area contributed by atoms with Crippen molar-refractivity contribution in [3.8, 4) is 11.9 Å². The molecule has 136 valence electrons. The zero-order valence-electron chi connectivity index (χ0n) is 15.0. The molecule has 0 saturated heterocycles. The van der Waals surface area contributed by atoms with Crippen LogP contribution in [-0.2, 0) is 0 Å². The summed E-state index contributed by atoms with van der Waals surface area (Å²) in [7, 11) is 0. The lowest BCUT2D eigenvalue weighted by Gasteiger charge is -2.12. The van der Waals surface area contributed by atoms with Crippen molar-refractivity contribution in [2.24, 2.45) is 0 Å². The highest BCUT2D eigenvalue weighted by atomic mass is 16.2. The van der Waals surface area contributed by atoms with Gasteiger partial charge in [-0.15, -0.1) is 0 Å². The van der Waals surface area contributed by atoms with Crippen LogP contribution in [0.2, 0.25) is 0 Å². The number of urea groups is 1. The molecule has 2 N–H and O–H groups in total. The fourth-order valence-electron chi connectivity index (χ4n) is 2.96. The number of anilines is 2. The first-order valence-corrected chi connectivity index (χ1v) is 8.63. The molecular formula is C21H16N6O. The second-order valence-corrected chi connectivity index (χ2v) is 6.19. The third-order valence-electron chi connectivity index (χ3n) is 4.28. The van der Waals surface area contributed by atoms with Gasteiger partial charge in [-0.3, -0.25) is 5.32 Å². The maximum absolute atomic E-state index is 12.4. The van der Waals surface area contributed by atoms with Gasteiger partial charge in [-0.05, 0) is 36.8 Å². The summed E-state index contributed by atoms with van der Waals surface area (Å²) < 4.78 is 1.46. The molecule has 0 aliphatic heterocycles. The number of pyridine rings is 1. The Morgan fingerprint density at radius 1 is 1.07 bits per heavy atom. The molecule has 28 heavy (non-hydrogen) atoms. The van der Waals surface area contributed by atoms with E-state index in [4.69, 9.17) is 0 Å². The zero-order valence-corrected chi connectivity index (χ0v) is 15.0. The maximum atomic E-state index is 12.4. The van der Waals surface area contributed by atoms with Crippen molar-refractivity contribution in [3.63, 3.8) is 0 Å². The summed E-state index contributed by atoms with van der Waals surface area (Å²) in [6.45, 7) is 1.98. The van der Waals surface area contributed by atoms with Crippen LogP contribution in [0.5, 0.6) is 0 Å². The lowest BCUT2D eigenvalue weighted by molar-refractivity contribution is 0.262. The predicted molar refractivity (Wildman–Crippen MR) is 107 cm³/mol. The number of nitriles is 1. The van der Waals surface area contributed by atoms with Crippen LogP contribution < -0.4 is 10.6 Å². The lowest BCUT2D eigenvalue weighted by Crippen LogP contribution is -2.22. The number of fused-ring (bicyclic) bond motifs is 1. The Kier molecular flexibility index (Phi) is 4.44. The monoisotopic (exact) mass is 368 g/mol. The molecule has 0 radical (unpaired) electrons. The quantitative estimate of drug-likeness (QED) is 0.565. The van der Waals surface area contributed by atoms with Gasteiger partial charge in [-0.2, -0.15) is 15.0 Å². The number of benzene rings is 2. The molecule has 0 fully saturated rings. The fraction of sp³-hybridized carbons (Fsp3) is 0.0476. The number of hydrogen-bond donors (Lipinski definition) is 2. The minimum absolute atomic E-state index is 0.246. The highest BCUT2D eigenvalue weighted by Gasteiger charge is 2.17. The van der Waals surface area contributed by atoms with E-state index in [9.17, 15) is 10.1 Å². The zero-order chi connectivity index (χ0) is 19.5. The molecule has 0 unspecified atom stereocenters. The van der Waals surface area contributed by atoms with Crippen LogP contribution in [-0.4, -0.2) is 20.8 Å². The number of hydrogen-bond acceptors (Lipinski definition) is 4. The number of rotatable bonds is 3. The van der Waals surface area contributed by atoms with E-state index >= 15 is 0 Å². The first-order valence-electron chi connectivity index (χ1n) is 8.63. The van der Waals surface area contributed by atoms with Crippen LogP contribution in [0.25, 0.3) is 16.7 Å². The van der Waals surface area contributed by atoms with Crippen LogP contribution in [0.15, 0.2) is 66.9 Å². The molecule has 0 aliphatic rings. The van der Waals surface area contributed by atoms with E-state index in [1.54, 1.807) is 12.1 Å². The average molecular weight is 368 g/mol. The van der Waals surface area contributed by atoms with Gasteiger partial charge in [0.25, 0.3) is 0 Å². The number of carbonyl (C=O) groups excluding carboxylic acids is 1. The fourth-order valence-corrected chi connectivity index (χ4v) is 2.96. The Morgan fingerprint density at radius 3 is 2.61 bits per heavy atom. The first kappa shape index (κ1) is 17.2. The average Bonchev–Trinajstić information content (AvgIpc) is 3.11. The van der Waals surface area contributed by atoms with Crippen molar-refractivity contribution >= 4 is 28.4 Å². The van der Waals surface area contributed by atoms with Gasteiger partial charge in [0, 0.05) is 11.1 Å². The molecule has 7 heteroatoms. The van der Waals surface area contributed by atoms with Gasteiger partial charge in [0.1, 0.15) is 11.6 Å². The Bertz CT molecular complexity index is 1210. The van der Waals surface area contributed by atoms with Crippen molar-refractivity contribution in [1.29, 1.82) is 5.26 Å². The van der Waals surface area contributed by atoms with E-state index in [1.165, 1.54) is 10.9 Å². The lowest BCUT2D eigenvalue weighted by atomic mass is 10.1. The van der Waals surface area contributed by atoms with E-state index in [2.05, 4.69) is 26.8 Å². The van der Waals surface area contributed by atoms with E-state index in [0.29, 0.717) is 11.5 Å². The van der Waals surface area contributed by atoms with Gasteiger partial charge in [0.05, 0.1) is 11.7 Å². The molecular weight excluding hydrogens is 352 g/mol. The number of amides is 2. The van der Waals surface area contributed by atoms with E-state index < -0.39 is 6.03 Å². The van der Waals surface area contributed by atoms with Crippen LogP contribution >= 0.6 is 0 Å². The first-order chi connectivity index (χ1) is 13.7. The number of aryl methyl sites for hydroxylation is 1. The molecule has 0 atom stereocenters. The summed E-state index contributed by atoms with van der Waals surface area (Å²) in [5.74, 6) is 0.783. The Balaban J connectivity index is 1.71. The van der Waals surface area contributed by atoms with E-state index in [1.807, 2.05) is 55.5 Å². The Hall–Kier alpha value is -4.18. The minimum atomic E-state index is -0.470. The smallest absolute Gasteiger partial charge is 0.308 e. The third-order valence-corrected chi connectivity index (χ3v) is 4.28. The van der Waals surface area contributed by atoms with Gasteiger partial charge in [-0.1, -0.05) is 36.4 Å². The van der Waals surface area contributed by atoms with Crippen LogP contribution in [0.4, 0.5) is 16.3 Å². The summed E-state index contributed by atoms with van der Waals surface area (Å²) in [5.41, 5.74) is 2.72. The maximum Gasteiger partial charge on any atom is 0.324 e. The number of nitrogens with zero attached hydrogens (tertiary/aromatic N) is 4. The second kappa shape index (κ2) is 7.21. The highest BCUT2D eigenvalue weighted by molar-refractivity contribution is 6.00. The van der Waals surface area contributed by atoms with Crippen molar-refractivity contribution in [3.05, 3.63) is 78.0 Å². The summed E-state index contributed by atoms with van der Waals surface area (Å²) in [6.07, 6.45) is 1.41. The summed E-state index contributed by atoms with van der Waals surface area (Å²) in [5, 5.41) is 20.1. The van der Waals surface area contributed by atoms with Gasteiger partial charge in [-0.25, -0.2) is 9.78 Å². The second-order valence-electron chi connectivity index (χ2n) is 6.19. The molecule has 2 aromatic heterocycles. The molecule has 4 aromatic rings. The largest absolute Gasteiger partial charge is 0.324 e. The highest BCUT2D eigenvalue weighted by Crippen LogP contribution is 2.23. The SMILES string of the molecule is Cc1cc(-n2ncc(C#N)c2NC(=O)Nc2ccccc2)nc2ccccc12. The standard InChI is InChI=1S/C21H16N6O/c1-14-11-19(25-18-10-6-5-9-17(14)18)27-20(15(12-22)13-23-27)26-21(28)24-16-7-3-2-4-8-16/h2-11,13H,1H3,(H2,24,26,28). The third kappa shape index (κ3) is 3.27.